The van der Waals surface area contributed by atoms with Gasteiger partial charge in [0.25, 0.3) is 0 Å². The molecule has 3 rings (SSSR count). The van der Waals surface area contributed by atoms with Gasteiger partial charge in [0.1, 0.15) is 0 Å². The largest absolute Gasteiger partial charge is 0.493 e. The van der Waals surface area contributed by atoms with Crippen LogP contribution in [0.4, 0.5) is 11.4 Å². The van der Waals surface area contributed by atoms with E-state index in [1.165, 1.54) is 32.1 Å². The Hall–Kier alpha value is -2.80. The Labute approximate surface area is 158 Å². The summed E-state index contributed by atoms with van der Waals surface area (Å²) >= 11 is 0. The summed E-state index contributed by atoms with van der Waals surface area (Å²) in [7, 11) is 1.60. The normalized spacial score (nSPS) is 14.1. The number of nitrogens with zero attached hydrogens (tertiary/aromatic N) is 2. The third-order valence-corrected chi connectivity index (χ3v) is 4.53. The molecular formula is C20H25N3O4. The van der Waals surface area contributed by atoms with Crippen molar-refractivity contribution in [3.8, 4) is 11.5 Å². The number of carboxylic acid groups (broad SMARTS) is 1. The van der Waals surface area contributed by atoms with E-state index in [1.807, 2.05) is 12.1 Å². The molecule has 1 aliphatic rings. The molecule has 0 aliphatic carbocycles. The van der Waals surface area contributed by atoms with Crippen molar-refractivity contribution in [2.45, 2.75) is 19.3 Å². The summed E-state index contributed by atoms with van der Waals surface area (Å²) in [5.41, 5.74) is 1.11. The Morgan fingerprint density at radius 3 is 2.81 bits per heavy atom. The number of benzene rings is 1. The Balaban J connectivity index is 1.65. The van der Waals surface area contributed by atoms with Gasteiger partial charge in [-0.2, -0.15) is 0 Å². The van der Waals surface area contributed by atoms with Crippen molar-refractivity contribution < 1.29 is 19.4 Å². The quantitative estimate of drug-likeness (QED) is 0.654. The second-order valence-electron chi connectivity index (χ2n) is 6.45. The monoisotopic (exact) mass is 371 g/mol. The number of aromatic nitrogens is 1. The number of nitrogens with one attached hydrogen (secondary N) is 1. The molecule has 0 radical (unpaired) electrons. The van der Waals surface area contributed by atoms with E-state index in [-0.39, 0.29) is 5.69 Å². The van der Waals surface area contributed by atoms with Crippen molar-refractivity contribution in [1.82, 2.24) is 9.88 Å². The SMILES string of the molecule is COc1ccc(Nc2cccnc2C(=O)O)cc1OCCCN1CCCC1. The van der Waals surface area contributed by atoms with Crippen LogP contribution in [0.15, 0.2) is 36.5 Å². The van der Waals surface area contributed by atoms with Gasteiger partial charge in [0, 0.05) is 24.5 Å². The molecule has 7 heteroatoms. The number of hydrogen-bond donors (Lipinski definition) is 2. The average Bonchev–Trinajstić information content (AvgIpc) is 3.19. The van der Waals surface area contributed by atoms with Gasteiger partial charge in [-0.05, 0) is 56.6 Å². The van der Waals surface area contributed by atoms with Crippen molar-refractivity contribution in [3.05, 3.63) is 42.2 Å². The van der Waals surface area contributed by atoms with E-state index in [0.29, 0.717) is 29.5 Å². The summed E-state index contributed by atoms with van der Waals surface area (Å²) in [4.78, 5) is 17.7. The maximum atomic E-state index is 11.3. The zero-order chi connectivity index (χ0) is 19.1. The molecule has 0 bridgehead atoms. The van der Waals surface area contributed by atoms with Crippen LogP contribution in [-0.2, 0) is 0 Å². The first kappa shape index (κ1) is 19.0. The lowest BCUT2D eigenvalue weighted by molar-refractivity contribution is 0.0691. The van der Waals surface area contributed by atoms with E-state index in [2.05, 4.69) is 15.2 Å². The third kappa shape index (κ3) is 5.10. The number of likely N-dealkylation sites (tertiary alicyclic amines) is 1. The van der Waals surface area contributed by atoms with Crippen molar-refractivity contribution in [2.75, 3.05) is 38.7 Å². The highest BCUT2D eigenvalue weighted by molar-refractivity contribution is 5.92. The van der Waals surface area contributed by atoms with Crippen LogP contribution in [0.5, 0.6) is 11.5 Å². The zero-order valence-electron chi connectivity index (χ0n) is 15.5. The van der Waals surface area contributed by atoms with Gasteiger partial charge in [-0.15, -0.1) is 0 Å². The Bertz CT molecular complexity index is 776. The molecule has 0 saturated carbocycles. The van der Waals surface area contributed by atoms with Crippen LogP contribution in [0, 0.1) is 0 Å². The first-order chi connectivity index (χ1) is 13.2. The molecule has 2 heterocycles. The maximum absolute atomic E-state index is 11.3. The average molecular weight is 371 g/mol. The van der Waals surface area contributed by atoms with Crippen LogP contribution in [0.3, 0.4) is 0 Å². The molecule has 27 heavy (non-hydrogen) atoms. The van der Waals surface area contributed by atoms with Crippen molar-refractivity contribution in [3.63, 3.8) is 0 Å². The molecule has 7 nitrogen and oxygen atoms in total. The van der Waals surface area contributed by atoms with Gasteiger partial charge < -0.3 is 24.8 Å². The first-order valence-corrected chi connectivity index (χ1v) is 9.16. The summed E-state index contributed by atoms with van der Waals surface area (Å²) in [5, 5.41) is 12.4. The highest BCUT2D eigenvalue weighted by Crippen LogP contribution is 2.32. The highest BCUT2D eigenvalue weighted by Gasteiger charge is 2.13. The molecule has 1 aliphatic heterocycles. The van der Waals surface area contributed by atoms with E-state index in [9.17, 15) is 9.90 Å². The number of anilines is 2. The fourth-order valence-electron chi connectivity index (χ4n) is 3.18. The van der Waals surface area contributed by atoms with Gasteiger partial charge in [-0.25, -0.2) is 9.78 Å². The summed E-state index contributed by atoms with van der Waals surface area (Å²) in [5.74, 6) is 0.195. The second-order valence-corrected chi connectivity index (χ2v) is 6.45. The number of pyridine rings is 1. The van der Waals surface area contributed by atoms with E-state index >= 15 is 0 Å². The smallest absolute Gasteiger partial charge is 0.356 e. The van der Waals surface area contributed by atoms with Gasteiger partial charge in [-0.1, -0.05) is 0 Å². The maximum Gasteiger partial charge on any atom is 0.356 e. The molecule has 0 amide bonds. The number of methoxy groups -OCH3 is 1. The van der Waals surface area contributed by atoms with Crippen LogP contribution in [-0.4, -0.2) is 54.3 Å². The van der Waals surface area contributed by atoms with Crippen molar-refractivity contribution in [2.24, 2.45) is 0 Å². The molecule has 1 aromatic heterocycles. The standard InChI is InChI=1S/C20H25N3O4/c1-26-17-8-7-15(22-16-6-4-9-21-19(16)20(24)25)14-18(17)27-13-5-12-23-10-2-3-11-23/h4,6-9,14,22H,2-3,5,10-13H2,1H3,(H,24,25). The Morgan fingerprint density at radius 1 is 1.26 bits per heavy atom. The lowest BCUT2D eigenvalue weighted by Crippen LogP contribution is -2.21. The van der Waals surface area contributed by atoms with E-state index in [1.54, 1.807) is 25.3 Å². The van der Waals surface area contributed by atoms with Gasteiger partial charge in [-0.3, -0.25) is 0 Å². The summed E-state index contributed by atoms with van der Waals surface area (Å²) < 4.78 is 11.3. The summed E-state index contributed by atoms with van der Waals surface area (Å²) in [6, 6.07) is 8.79. The van der Waals surface area contributed by atoms with Crippen LogP contribution >= 0.6 is 0 Å². The van der Waals surface area contributed by atoms with Gasteiger partial charge in [0.05, 0.1) is 19.4 Å². The Morgan fingerprint density at radius 2 is 2.07 bits per heavy atom. The predicted molar refractivity (Wildman–Crippen MR) is 103 cm³/mol. The number of hydrogen-bond acceptors (Lipinski definition) is 6. The molecule has 0 spiro atoms. The van der Waals surface area contributed by atoms with Crippen LogP contribution in [0.2, 0.25) is 0 Å². The van der Waals surface area contributed by atoms with E-state index < -0.39 is 5.97 Å². The summed E-state index contributed by atoms with van der Waals surface area (Å²) in [6.07, 6.45) is 4.98. The minimum absolute atomic E-state index is 0.0265. The van der Waals surface area contributed by atoms with Crippen molar-refractivity contribution >= 4 is 17.3 Å². The molecule has 2 aromatic rings. The molecule has 0 unspecified atom stereocenters. The molecular weight excluding hydrogens is 346 g/mol. The fourth-order valence-corrected chi connectivity index (χ4v) is 3.18. The van der Waals surface area contributed by atoms with Gasteiger partial charge >= 0.3 is 5.97 Å². The molecule has 1 aromatic carbocycles. The minimum atomic E-state index is -1.08. The topological polar surface area (TPSA) is 83.9 Å². The number of aromatic carboxylic acids is 1. The fraction of sp³-hybridized carbons (Fsp3) is 0.400. The first-order valence-electron chi connectivity index (χ1n) is 9.16. The lowest BCUT2D eigenvalue weighted by Gasteiger charge is -2.16. The summed E-state index contributed by atoms with van der Waals surface area (Å²) in [6.45, 7) is 4.00. The van der Waals surface area contributed by atoms with Crippen molar-refractivity contribution in [1.29, 1.82) is 0 Å². The second kappa shape index (κ2) is 9.23. The highest BCUT2D eigenvalue weighted by atomic mass is 16.5. The molecule has 1 fully saturated rings. The van der Waals surface area contributed by atoms with E-state index in [0.717, 1.165) is 13.0 Å². The number of carboxylic acids is 1. The predicted octanol–water partition coefficient (Wildman–Crippen LogP) is 3.40. The molecule has 2 N–H and O–H groups in total. The van der Waals surface area contributed by atoms with Crippen LogP contribution in [0.25, 0.3) is 0 Å². The molecule has 0 atom stereocenters. The van der Waals surface area contributed by atoms with Gasteiger partial charge in [0.2, 0.25) is 0 Å². The molecule has 1 saturated heterocycles. The lowest BCUT2D eigenvalue weighted by atomic mass is 10.2. The van der Waals surface area contributed by atoms with Crippen LogP contribution in [0.1, 0.15) is 29.8 Å². The zero-order valence-corrected chi connectivity index (χ0v) is 15.5. The van der Waals surface area contributed by atoms with E-state index in [4.69, 9.17) is 9.47 Å². The minimum Gasteiger partial charge on any atom is -0.493 e. The number of carbonyl (C=O) groups is 1. The third-order valence-electron chi connectivity index (χ3n) is 4.53. The Kier molecular flexibility index (Phi) is 6.49. The van der Waals surface area contributed by atoms with Crippen LogP contribution < -0.4 is 14.8 Å². The molecule has 144 valence electrons. The van der Waals surface area contributed by atoms with Gasteiger partial charge in [0.15, 0.2) is 17.2 Å². The number of ether oxygens (including phenoxy) is 2. The number of rotatable bonds is 9.